The molecule has 0 unspecified atom stereocenters. The zero-order valence-electron chi connectivity index (χ0n) is 13.2. The Labute approximate surface area is 149 Å². The molecule has 0 heterocycles. The lowest BCUT2D eigenvalue weighted by Gasteiger charge is -2.15. The normalized spacial score (nSPS) is 11.0. The number of nitrogens with one attached hydrogen (secondary N) is 2. The summed E-state index contributed by atoms with van der Waals surface area (Å²) in [6, 6.07) is 11.4. The van der Waals surface area contributed by atoms with Crippen molar-refractivity contribution in [1.29, 1.82) is 0 Å². The summed E-state index contributed by atoms with van der Waals surface area (Å²) in [5.74, 6) is 1.13. The molecule has 2 N–H and O–H groups in total. The quantitative estimate of drug-likeness (QED) is 0.683. The van der Waals surface area contributed by atoms with Crippen LogP contribution < -0.4 is 19.7 Å². The van der Waals surface area contributed by atoms with Crippen LogP contribution in [-0.2, 0) is 10.0 Å². The van der Waals surface area contributed by atoms with E-state index < -0.39 is 10.0 Å². The van der Waals surface area contributed by atoms with E-state index in [4.69, 9.17) is 9.47 Å². The predicted octanol–water partition coefficient (Wildman–Crippen LogP) is 2.92. The Balaban J connectivity index is 2.14. The van der Waals surface area contributed by atoms with Crippen molar-refractivity contribution in [2.45, 2.75) is 4.90 Å². The molecule has 0 fully saturated rings. The number of ether oxygens (including phenoxy) is 2. The Morgan fingerprint density at radius 3 is 2.33 bits per heavy atom. The van der Waals surface area contributed by atoms with E-state index in [-0.39, 0.29) is 4.90 Å². The van der Waals surface area contributed by atoms with Crippen molar-refractivity contribution in [1.82, 2.24) is 10.3 Å². The van der Waals surface area contributed by atoms with Crippen molar-refractivity contribution in [3.8, 4) is 11.5 Å². The molecule has 24 heavy (non-hydrogen) atoms. The van der Waals surface area contributed by atoms with Crippen molar-refractivity contribution in [2.75, 3.05) is 14.2 Å². The summed E-state index contributed by atoms with van der Waals surface area (Å²) in [4.78, 5) is 2.43. The summed E-state index contributed by atoms with van der Waals surface area (Å²) >= 11 is 3.26. The summed E-state index contributed by atoms with van der Waals surface area (Å²) < 4.78 is 35.7. The van der Waals surface area contributed by atoms with Crippen LogP contribution in [0.3, 0.4) is 0 Å². The van der Waals surface area contributed by atoms with Gasteiger partial charge in [0.2, 0.25) is 0 Å². The molecule has 0 amide bonds. The Morgan fingerprint density at radius 2 is 1.75 bits per heavy atom. The molecule has 0 spiro atoms. The van der Waals surface area contributed by atoms with Gasteiger partial charge in [-0.3, -0.25) is 0 Å². The van der Waals surface area contributed by atoms with Crippen molar-refractivity contribution in [3.63, 3.8) is 0 Å². The average Bonchev–Trinajstić information content (AvgIpc) is 2.59. The largest absolute Gasteiger partial charge is 0.497 e. The third kappa shape index (κ3) is 4.28. The van der Waals surface area contributed by atoms with Gasteiger partial charge in [-0.05, 0) is 36.4 Å². The first-order chi connectivity index (χ1) is 11.4. The van der Waals surface area contributed by atoms with Gasteiger partial charge in [0.05, 0.1) is 24.8 Å². The van der Waals surface area contributed by atoms with E-state index in [2.05, 4.69) is 32.8 Å². The molecule has 8 heteroatoms. The van der Waals surface area contributed by atoms with Gasteiger partial charge in [0.1, 0.15) is 11.5 Å². The first kappa shape index (κ1) is 18.3. The highest BCUT2D eigenvalue weighted by atomic mass is 79.9. The van der Waals surface area contributed by atoms with Crippen LogP contribution in [0.25, 0.3) is 5.70 Å². The van der Waals surface area contributed by atoms with Crippen LogP contribution in [0.1, 0.15) is 5.56 Å². The second-order valence-corrected chi connectivity index (χ2v) is 7.33. The molecule has 0 bridgehead atoms. The van der Waals surface area contributed by atoms with Crippen LogP contribution in [0.2, 0.25) is 0 Å². The molecule has 0 saturated carbocycles. The highest BCUT2D eigenvalue weighted by Gasteiger charge is 2.15. The Morgan fingerprint density at radius 1 is 1.08 bits per heavy atom. The maximum atomic E-state index is 12.3. The van der Waals surface area contributed by atoms with E-state index >= 15 is 0 Å². The lowest BCUT2D eigenvalue weighted by atomic mass is 10.1. The minimum Gasteiger partial charge on any atom is -0.497 e. The number of hydrogen-bond donors (Lipinski definition) is 2. The standard InChI is InChI=1S/C16H17BrN2O4S/c1-11(15-9-6-13(22-2)10-16(15)23-3)18-19-24(20,21)14-7-4-12(17)5-8-14/h4-10,18-19H,1H2,2-3H3. The molecule has 2 rings (SSSR count). The van der Waals surface area contributed by atoms with Crippen molar-refractivity contribution in [2.24, 2.45) is 0 Å². The van der Waals surface area contributed by atoms with Gasteiger partial charge in [-0.2, -0.15) is 0 Å². The molecule has 0 atom stereocenters. The molecule has 0 aromatic heterocycles. The van der Waals surface area contributed by atoms with Gasteiger partial charge in [-0.25, -0.2) is 8.42 Å². The van der Waals surface area contributed by atoms with E-state index in [9.17, 15) is 8.42 Å². The first-order valence-electron chi connectivity index (χ1n) is 6.82. The van der Waals surface area contributed by atoms with Crippen molar-refractivity contribution in [3.05, 3.63) is 59.1 Å². The highest BCUT2D eigenvalue weighted by Crippen LogP contribution is 2.28. The summed E-state index contributed by atoms with van der Waals surface area (Å²) in [6.07, 6.45) is 0. The van der Waals surface area contributed by atoms with Crippen molar-refractivity contribution < 1.29 is 17.9 Å². The topological polar surface area (TPSA) is 76.7 Å². The SMILES string of the molecule is C=C(NNS(=O)(=O)c1ccc(Br)cc1)c1ccc(OC)cc1OC. The Kier molecular flexibility index (Phi) is 5.87. The lowest BCUT2D eigenvalue weighted by Crippen LogP contribution is -2.35. The smallest absolute Gasteiger partial charge is 0.257 e. The zero-order valence-corrected chi connectivity index (χ0v) is 15.6. The van der Waals surface area contributed by atoms with Gasteiger partial charge in [-0.15, -0.1) is 4.83 Å². The zero-order chi connectivity index (χ0) is 17.7. The summed E-state index contributed by atoms with van der Waals surface area (Å²) in [7, 11) is -0.660. The summed E-state index contributed by atoms with van der Waals surface area (Å²) in [5.41, 5.74) is 3.55. The molecule has 0 aliphatic rings. The number of hydrogen-bond acceptors (Lipinski definition) is 5. The average molecular weight is 413 g/mol. The number of benzene rings is 2. The van der Waals surface area contributed by atoms with Crippen LogP contribution in [0.15, 0.2) is 58.4 Å². The molecule has 0 saturated heterocycles. The van der Waals surface area contributed by atoms with Gasteiger partial charge >= 0.3 is 0 Å². The number of rotatable bonds is 7. The predicted molar refractivity (Wildman–Crippen MR) is 96.2 cm³/mol. The molecule has 128 valence electrons. The Bertz CT molecular complexity index is 836. The molecule has 0 aliphatic carbocycles. The van der Waals surface area contributed by atoms with Crippen LogP contribution in [0.4, 0.5) is 0 Å². The number of hydrazine groups is 1. The van der Waals surface area contributed by atoms with E-state index in [1.807, 2.05) is 0 Å². The van der Waals surface area contributed by atoms with Crippen molar-refractivity contribution >= 4 is 31.7 Å². The molecular formula is C16H17BrN2O4S. The molecular weight excluding hydrogens is 396 g/mol. The monoisotopic (exact) mass is 412 g/mol. The molecule has 2 aromatic carbocycles. The van der Waals surface area contributed by atoms with E-state index in [0.717, 1.165) is 4.47 Å². The third-order valence-electron chi connectivity index (χ3n) is 3.19. The van der Waals surface area contributed by atoms with Gasteiger partial charge in [0.15, 0.2) is 0 Å². The second kappa shape index (κ2) is 7.69. The molecule has 2 aromatic rings. The molecule has 0 radical (unpaired) electrons. The maximum absolute atomic E-state index is 12.3. The molecule has 0 aliphatic heterocycles. The summed E-state index contributed by atoms with van der Waals surface area (Å²) in [5, 5.41) is 0. The van der Waals surface area contributed by atoms with Gasteiger partial charge in [0, 0.05) is 16.1 Å². The second-order valence-electron chi connectivity index (χ2n) is 4.73. The number of methoxy groups -OCH3 is 2. The maximum Gasteiger partial charge on any atom is 0.257 e. The number of sulfonamides is 1. The van der Waals surface area contributed by atoms with E-state index in [0.29, 0.717) is 22.8 Å². The van der Waals surface area contributed by atoms with E-state index in [1.54, 1.807) is 37.4 Å². The molecule has 6 nitrogen and oxygen atoms in total. The fourth-order valence-electron chi connectivity index (χ4n) is 1.92. The van der Waals surface area contributed by atoms with Crippen LogP contribution >= 0.6 is 15.9 Å². The van der Waals surface area contributed by atoms with Gasteiger partial charge in [0.25, 0.3) is 10.0 Å². The minimum atomic E-state index is -3.72. The lowest BCUT2D eigenvalue weighted by molar-refractivity contribution is 0.393. The van der Waals surface area contributed by atoms with Gasteiger partial charge in [-0.1, -0.05) is 22.5 Å². The first-order valence-corrected chi connectivity index (χ1v) is 9.09. The van der Waals surface area contributed by atoms with Crippen LogP contribution in [-0.4, -0.2) is 22.6 Å². The fourth-order valence-corrected chi connectivity index (χ4v) is 3.05. The Hall–Kier alpha value is -2.03. The van der Waals surface area contributed by atoms with Crippen LogP contribution in [0.5, 0.6) is 11.5 Å². The van der Waals surface area contributed by atoms with E-state index in [1.165, 1.54) is 19.2 Å². The number of halogens is 1. The van der Waals surface area contributed by atoms with Crippen LogP contribution in [0, 0.1) is 0 Å². The minimum absolute atomic E-state index is 0.132. The summed E-state index contributed by atoms with van der Waals surface area (Å²) in [6.45, 7) is 3.83. The fraction of sp³-hybridized carbons (Fsp3) is 0.125. The highest BCUT2D eigenvalue weighted by molar-refractivity contribution is 9.10. The van der Waals surface area contributed by atoms with Gasteiger partial charge < -0.3 is 14.9 Å². The third-order valence-corrected chi connectivity index (χ3v) is 4.99.